The van der Waals surface area contributed by atoms with Crippen molar-refractivity contribution in [2.45, 2.75) is 11.8 Å². The van der Waals surface area contributed by atoms with Crippen LogP contribution in [-0.2, 0) is 11.8 Å². The highest BCUT2D eigenvalue weighted by molar-refractivity contribution is 9.08. The molecule has 0 spiro atoms. The lowest BCUT2D eigenvalue weighted by molar-refractivity contribution is 0.320. The smallest absolute Gasteiger partial charge is 0.123 e. The van der Waals surface area contributed by atoms with Crippen LogP contribution in [0.25, 0.3) is 0 Å². The van der Waals surface area contributed by atoms with Gasteiger partial charge in [-0.25, -0.2) is 0 Å². The second kappa shape index (κ2) is 6.06. The maximum Gasteiger partial charge on any atom is 0.123 e. The fourth-order valence-electron chi connectivity index (χ4n) is 1.47. The Bertz CT molecular complexity index is 425. The largest absolute Gasteiger partial charge is 0.493 e. The molecule has 0 saturated carbocycles. The van der Waals surface area contributed by atoms with Crippen molar-refractivity contribution in [2.24, 2.45) is 0 Å². The van der Waals surface area contributed by atoms with Crippen LogP contribution in [0.5, 0.6) is 5.75 Å². The highest BCUT2D eigenvalue weighted by Gasteiger charge is 2.01. The van der Waals surface area contributed by atoms with Gasteiger partial charge in [0.25, 0.3) is 0 Å². The molecule has 0 aliphatic heterocycles. The summed E-state index contributed by atoms with van der Waals surface area (Å²) in [6.07, 6.45) is 0.980. The first-order chi connectivity index (χ1) is 7.90. The zero-order valence-corrected chi connectivity index (χ0v) is 11.3. The van der Waals surface area contributed by atoms with Crippen LogP contribution in [-0.4, -0.2) is 6.61 Å². The van der Waals surface area contributed by atoms with Crippen molar-refractivity contribution in [1.82, 2.24) is 0 Å². The molecule has 0 amide bonds. The second-order valence-corrected chi connectivity index (χ2v) is 5.01. The van der Waals surface area contributed by atoms with Gasteiger partial charge < -0.3 is 4.74 Å². The van der Waals surface area contributed by atoms with E-state index in [-0.39, 0.29) is 0 Å². The molecule has 84 valence electrons. The van der Waals surface area contributed by atoms with Gasteiger partial charge in [-0.05, 0) is 17.5 Å². The Morgan fingerprint density at radius 1 is 1.12 bits per heavy atom. The van der Waals surface area contributed by atoms with Crippen molar-refractivity contribution < 1.29 is 4.74 Å². The summed E-state index contributed by atoms with van der Waals surface area (Å²) in [6.45, 7) is 0.741. The minimum Gasteiger partial charge on any atom is -0.493 e. The average Bonchev–Trinajstić information content (AvgIpc) is 2.83. The molecular formula is C13H13BrOS. The molecule has 3 heteroatoms. The lowest BCUT2D eigenvalue weighted by Gasteiger charge is -2.08. The van der Waals surface area contributed by atoms with E-state index in [2.05, 4.69) is 39.5 Å². The zero-order valence-electron chi connectivity index (χ0n) is 8.86. The molecule has 1 heterocycles. The Morgan fingerprint density at radius 2 is 2.00 bits per heavy atom. The van der Waals surface area contributed by atoms with E-state index < -0.39 is 0 Å². The van der Waals surface area contributed by atoms with E-state index >= 15 is 0 Å². The fourth-order valence-corrected chi connectivity index (χ4v) is 2.62. The maximum absolute atomic E-state index is 5.78. The normalized spacial score (nSPS) is 10.3. The molecule has 0 unspecified atom stereocenters. The van der Waals surface area contributed by atoms with Crippen molar-refractivity contribution in [3.63, 3.8) is 0 Å². The van der Waals surface area contributed by atoms with Gasteiger partial charge in [0.1, 0.15) is 5.75 Å². The number of thiophene rings is 1. The molecule has 0 N–H and O–H groups in total. The first kappa shape index (κ1) is 11.7. The summed E-state index contributed by atoms with van der Waals surface area (Å²) in [6, 6.07) is 12.4. The van der Waals surface area contributed by atoms with Crippen LogP contribution in [0.3, 0.4) is 0 Å². The maximum atomic E-state index is 5.78. The third kappa shape index (κ3) is 3.09. The van der Waals surface area contributed by atoms with Crippen LogP contribution >= 0.6 is 27.3 Å². The molecule has 1 aromatic carbocycles. The predicted molar refractivity (Wildman–Crippen MR) is 72.6 cm³/mol. The number of hydrogen-bond acceptors (Lipinski definition) is 2. The average molecular weight is 297 g/mol. The van der Waals surface area contributed by atoms with Gasteiger partial charge in [0, 0.05) is 22.2 Å². The van der Waals surface area contributed by atoms with Gasteiger partial charge in [0.2, 0.25) is 0 Å². The Labute approximate surface area is 108 Å². The van der Waals surface area contributed by atoms with Gasteiger partial charge in [-0.1, -0.05) is 40.2 Å². The zero-order chi connectivity index (χ0) is 11.2. The molecule has 0 radical (unpaired) electrons. The van der Waals surface area contributed by atoms with Crippen LogP contribution in [0.4, 0.5) is 0 Å². The third-order valence-electron chi connectivity index (χ3n) is 2.30. The van der Waals surface area contributed by atoms with E-state index in [1.54, 1.807) is 11.3 Å². The van der Waals surface area contributed by atoms with Gasteiger partial charge in [-0.2, -0.15) is 0 Å². The number of halogens is 1. The molecule has 1 aromatic heterocycles. The highest BCUT2D eigenvalue weighted by Crippen LogP contribution is 2.20. The van der Waals surface area contributed by atoms with Crippen LogP contribution in [0.1, 0.15) is 10.4 Å². The molecule has 16 heavy (non-hydrogen) atoms. The van der Waals surface area contributed by atoms with Crippen LogP contribution in [0.2, 0.25) is 0 Å². The monoisotopic (exact) mass is 296 g/mol. The molecule has 2 rings (SSSR count). The van der Waals surface area contributed by atoms with Crippen molar-refractivity contribution >= 4 is 27.3 Å². The van der Waals surface area contributed by atoms with Gasteiger partial charge in [-0.3, -0.25) is 0 Å². The number of rotatable bonds is 5. The van der Waals surface area contributed by atoms with Gasteiger partial charge in [0.15, 0.2) is 0 Å². The molecule has 0 aliphatic carbocycles. The molecule has 0 aliphatic rings. The van der Waals surface area contributed by atoms with Crippen molar-refractivity contribution in [3.05, 3.63) is 52.2 Å². The Balaban J connectivity index is 1.89. The van der Waals surface area contributed by atoms with Crippen LogP contribution in [0.15, 0.2) is 41.8 Å². The van der Waals surface area contributed by atoms with E-state index in [4.69, 9.17) is 4.74 Å². The number of para-hydroxylation sites is 1. The summed E-state index contributed by atoms with van der Waals surface area (Å²) < 4.78 is 5.78. The summed E-state index contributed by atoms with van der Waals surface area (Å²) in [5.74, 6) is 0.982. The van der Waals surface area contributed by atoms with Crippen molar-refractivity contribution in [1.29, 1.82) is 0 Å². The molecule has 1 nitrogen and oxygen atoms in total. The van der Waals surface area contributed by atoms with Gasteiger partial charge >= 0.3 is 0 Å². The van der Waals surface area contributed by atoms with E-state index in [1.807, 2.05) is 18.2 Å². The number of hydrogen-bond donors (Lipinski definition) is 0. The molecule has 0 fully saturated rings. The Kier molecular flexibility index (Phi) is 4.43. The van der Waals surface area contributed by atoms with E-state index in [0.717, 1.165) is 24.1 Å². The lowest BCUT2D eigenvalue weighted by atomic mass is 10.2. The number of benzene rings is 1. The number of ether oxygens (including phenoxy) is 1. The van der Waals surface area contributed by atoms with Crippen molar-refractivity contribution in [3.8, 4) is 5.75 Å². The Morgan fingerprint density at radius 3 is 2.75 bits per heavy atom. The van der Waals surface area contributed by atoms with E-state index in [1.165, 1.54) is 10.4 Å². The molecule has 0 saturated heterocycles. The number of alkyl halides is 1. The summed E-state index contributed by atoms with van der Waals surface area (Å²) in [5, 5.41) is 2.93. The quantitative estimate of drug-likeness (QED) is 0.749. The highest BCUT2D eigenvalue weighted by atomic mass is 79.9. The molecule has 0 bridgehead atoms. The SMILES string of the molecule is BrCc1ccccc1OCCc1cccs1. The van der Waals surface area contributed by atoms with E-state index in [9.17, 15) is 0 Å². The minimum atomic E-state index is 0.741. The van der Waals surface area contributed by atoms with E-state index in [0.29, 0.717) is 0 Å². The first-order valence-corrected chi connectivity index (χ1v) is 7.19. The fraction of sp³-hybridized carbons (Fsp3) is 0.231. The molecule has 0 atom stereocenters. The summed E-state index contributed by atoms with van der Waals surface area (Å²) in [5.41, 5.74) is 1.20. The van der Waals surface area contributed by atoms with Crippen LogP contribution in [0, 0.1) is 0 Å². The summed E-state index contributed by atoms with van der Waals surface area (Å²) >= 11 is 5.24. The topological polar surface area (TPSA) is 9.23 Å². The minimum absolute atomic E-state index is 0.741. The predicted octanol–water partition coefficient (Wildman–Crippen LogP) is 4.26. The second-order valence-electron chi connectivity index (χ2n) is 3.42. The van der Waals surface area contributed by atoms with Gasteiger partial charge in [0.05, 0.1) is 6.61 Å². The summed E-state index contributed by atoms with van der Waals surface area (Å²) in [4.78, 5) is 1.37. The van der Waals surface area contributed by atoms with Gasteiger partial charge in [-0.15, -0.1) is 11.3 Å². The van der Waals surface area contributed by atoms with Crippen LogP contribution < -0.4 is 4.74 Å². The molecule has 2 aromatic rings. The summed E-state index contributed by atoms with van der Waals surface area (Å²) in [7, 11) is 0. The van der Waals surface area contributed by atoms with Crippen molar-refractivity contribution in [2.75, 3.05) is 6.61 Å². The standard InChI is InChI=1S/C13H13BrOS/c14-10-11-4-1-2-6-13(11)15-8-7-12-5-3-9-16-12/h1-6,9H,7-8,10H2. The lowest BCUT2D eigenvalue weighted by Crippen LogP contribution is -2.01. The first-order valence-electron chi connectivity index (χ1n) is 5.19. The Hall–Kier alpha value is -0.800. The third-order valence-corrected chi connectivity index (χ3v) is 3.84. The molecular weight excluding hydrogens is 284 g/mol.